The Bertz CT molecular complexity index is 282. The number of nitrogens with zero attached hydrogens (tertiary/aromatic N) is 1. The van der Waals surface area contributed by atoms with Crippen LogP contribution < -0.4 is 5.32 Å². The number of carbonyl (C=O) groups is 2. The topological polar surface area (TPSA) is 89.9 Å². The fraction of sp³-hybridized carbons (Fsp3) is 0.846. The number of aliphatic carboxylic acids is 1. The van der Waals surface area contributed by atoms with Gasteiger partial charge in [0.05, 0.1) is 0 Å². The summed E-state index contributed by atoms with van der Waals surface area (Å²) >= 11 is 0. The summed E-state index contributed by atoms with van der Waals surface area (Å²) in [5.41, 5.74) is 0. The van der Waals surface area contributed by atoms with E-state index >= 15 is 0 Å². The predicted molar refractivity (Wildman–Crippen MR) is 72.9 cm³/mol. The van der Waals surface area contributed by atoms with Crippen molar-refractivity contribution in [2.24, 2.45) is 11.8 Å². The molecule has 19 heavy (non-hydrogen) atoms. The second-order valence-electron chi connectivity index (χ2n) is 5.28. The van der Waals surface area contributed by atoms with E-state index in [0.29, 0.717) is 25.4 Å². The maximum Gasteiger partial charge on any atom is 0.317 e. The Balaban J connectivity index is 4.14. The predicted octanol–water partition coefficient (Wildman–Crippen LogP) is 1.15. The van der Waals surface area contributed by atoms with Crippen LogP contribution in [0.25, 0.3) is 0 Å². The molecule has 0 saturated heterocycles. The first-order chi connectivity index (χ1) is 8.86. The van der Waals surface area contributed by atoms with E-state index in [-0.39, 0.29) is 25.0 Å². The quantitative estimate of drug-likeness (QED) is 0.588. The first-order valence-electron chi connectivity index (χ1n) is 6.68. The monoisotopic (exact) mass is 274 g/mol. The van der Waals surface area contributed by atoms with Crippen LogP contribution in [0.4, 0.5) is 4.79 Å². The van der Waals surface area contributed by atoms with Crippen molar-refractivity contribution in [3.8, 4) is 0 Å². The van der Waals surface area contributed by atoms with Crippen LogP contribution in [0, 0.1) is 11.8 Å². The lowest BCUT2D eigenvalue weighted by Crippen LogP contribution is -2.40. The highest BCUT2D eigenvalue weighted by Crippen LogP contribution is 2.14. The Hall–Kier alpha value is -1.30. The summed E-state index contributed by atoms with van der Waals surface area (Å²) < 4.78 is 0. The molecule has 0 bridgehead atoms. The van der Waals surface area contributed by atoms with Crippen LogP contribution in [0.2, 0.25) is 0 Å². The number of aliphatic hydroxyl groups excluding tert-OH is 1. The van der Waals surface area contributed by atoms with E-state index < -0.39 is 5.97 Å². The molecule has 0 fully saturated rings. The third kappa shape index (κ3) is 9.30. The first kappa shape index (κ1) is 17.7. The Labute approximate surface area is 114 Å². The zero-order chi connectivity index (χ0) is 14.8. The van der Waals surface area contributed by atoms with E-state index in [4.69, 9.17) is 10.2 Å². The van der Waals surface area contributed by atoms with Gasteiger partial charge in [-0.3, -0.25) is 4.79 Å². The van der Waals surface area contributed by atoms with Crippen molar-refractivity contribution in [3.63, 3.8) is 0 Å². The molecule has 0 saturated carbocycles. The number of hydrogen-bond acceptors (Lipinski definition) is 3. The second kappa shape index (κ2) is 9.61. The fourth-order valence-electron chi connectivity index (χ4n) is 1.93. The molecule has 1 atom stereocenters. The van der Waals surface area contributed by atoms with Crippen molar-refractivity contribution in [1.29, 1.82) is 0 Å². The molecular weight excluding hydrogens is 248 g/mol. The highest BCUT2D eigenvalue weighted by Gasteiger charge is 2.17. The molecule has 0 spiro atoms. The van der Waals surface area contributed by atoms with Gasteiger partial charge in [0.15, 0.2) is 0 Å². The lowest BCUT2D eigenvalue weighted by Gasteiger charge is -2.21. The molecule has 0 aliphatic rings. The molecule has 0 heterocycles. The minimum Gasteiger partial charge on any atom is -0.481 e. The van der Waals surface area contributed by atoms with Gasteiger partial charge < -0.3 is 20.4 Å². The van der Waals surface area contributed by atoms with Crippen molar-refractivity contribution in [3.05, 3.63) is 0 Å². The number of carboxylic acid groups (broad SMARTS) is 1. The van der Waals surface area contributed by atoms with E-state index in [1.807, 2.05) is 13.8 Å². The van der Waals surface area contributed by atoms with Gasteiger partial charge in [-0.1, -0.05) is 13.8 Å². The molecule has 0 rings (SSSR count). The third-order valence-corrected chi connectivity index (χ3v) is 2.81. The molecule has 0 aliphatic carbocycles. The molecule has 0 radical (unpaired) electrons. The number of urea groups is 1. The normalized spacial score (nSPS) is 12.3. The smallest absolute Gasteiger partial charge is 0.317 e. The minimum absolute atomic E-state index is 0.0482. The van der Waals surface area contributed by atoms with Gasteiger partial charge in [0.2, 0.25) is 0 Å². The van der Waals surface area contributed by atoms with Crippen molar-refractivity contribution in [2.75, 3.05) is 26.7 Å². The summed E-state index contributed by atoms with van der Waals surface area (Å²) in [6, 6.07) is -0.229. The van der Waals surface area contributed by atoms with E-state index in [1.165, 1.54) is 4.90 Å². The minimum atomic E-state index is -0.839. The molecule has 2 amide bonds. The summed E-state index contributed by atoms with van der Waals surface area (Å²) in [6.45, 7) is 4.96. The number of carboxylic acids is 1. The second-order valence-corrected chi connectivity index (χ2v) is 5.28. The number of amides is 2. The van der Waals surface area contributed by atoms with Gasteiger partial charge in [-0.25, -0.2) is 4.79 Å². The first-order valence-corrected chi connectivity index (χ1v) is 6.68. The van der Waals surface area contributed by atoms with Crippen LogP contribution in [-0.4, -0.2) is 53.9 Å². The zero-order valence-corrected chi connectivity index (χ0v) is 12.1. The lowest BCUT2D eigenvalue weighted by molar-refractivity contribution is -0.138. The average Bonchev–Trinajstić information content (AvgIpc) is 2.31. The largest absolute Gasteiger partial charge is 0.481 e. The third-order valence-electron chi connectivity index (χ3n) is 2.81. The molecule has 6 heteroatoms. The Morgan fingerprint density at radius 2 is 1.95 bits per heavy atom. The Kier molecular flexibility index (Phi) is 8.95. The Morgan fingerprint density at radius 1 is 1.32 bits per heavy atom. The molecule has 112 valence electrons. The molecule has 6 nitrogen and oxygen atoms in total. The summed E-state index contributed by atoms with van der Waals surface area (Å²) in [7, 11) is 1.65. The molecule has 0 aromatic rings. The highest BCUT2D eigenvalue weighted by molar-refractivity contribution is 5.74. The van der Waals surface area contributed by atoms with Crippen LogP contribution in [0.15, 0.2) is 0 Å². The van der Waals surface area contributed by atoms with Crippen LogP contribution in [0.3, 0.4) is 0 Å². The van der Waals surface area contributed by atoms with Gasteiger partial charge in [-0.15, -0.1) is 0 Å². The van der Waals surface area contributed by atoms with Gasteiger partial charge in [0.25, 0.3) is 0 Å². The van der Waals surface area contributed by atoms with E-state index in [2.05, 4.69) is 5.32 Å². The van der Waals surface area contributed by atoms with Crippen molar-refractivity contribution >= 4 is 12.0 Å². The summed E-state index contributed by atoms with van der Waals surface area (Å²) in [5, 5.41) is 20.3. The number of rotatable bonds is 9. The van der Waals surface area contributed by atoms with Crippen molar-refractivity contribution in [2.45, 2.75) is 33.1 Å². The van der Waals surface area contributed by atoms with Crippen molar-refractivity contribution in [1.82, 2.24) is 10.2 Å². The van der Waals surface area contributed by atoms with E-state index in [1.54, 1.807) is 7.05 Å². The van der Waals surface area contributed by atoms with E-state index in [0.717, 1.165) is 6.42 Å². The SMILES string of the molecule is CC(C)CC(CNC(=O)N(C)CCCO)CC(=O)O. The zero-order valence-electron chi connectivity index (χ0n) is 12.1. The standard InChI is InChI=1S/C13H26N2O4/c1-10(2)7-11(8-12(17)18)9-14-13(19)15(3)5-4-6-16/h10-11,16H,4-9H2,1-3H3,(H,14,19)(H,17,18). The van der Waals surface area contributed by atoms with Gasteiger partial charge in [0, 0.05) is 33.2 Å². The van der Waals surface area contributed by atoms with Crippen LogP contribution in [0.1, 0.15) is 33.1 Å². The van der Waals surface area contributed by atoms with Crippen LogP contribution in [-0.2, 0) is 4.79 Å². The van der Waals surface area contributed by atoms with Crippen LogP contribution >= 0.6 is 0 Å². The van der Waals surface area contributed by atoms with Crippen molar-refractivity contribution < 1.29 is 19.8 Å². The summed E-state index contributed by atoms with van der Waals surface area (Å²) in [4.78, 5) is 24.0. The number of carbonyl (C=O) groups excluding carboxylic acids is 1. The summed E-state index contributed by atoms with van der Waals surface area (Å²) in [6.07, 6.45) is 1.38. The number of aliphatic hydroxyl groups is 1. The fourth-order valence-corrected chi connectivity index (χ4v) is 1.93. The number of nitrogens with one attached hydrogen (secondary N) is 1. The molecule has 0 aromatic heterocycles. The Morgan fingerprint density at radius 3 is 2.42 bits per heavy atom. The van der Waals surface area contributed by atoms with E-state index in [9.17, 15) is 9.59 Å². The van der Waals surface area contributed by atoms with Gasteiger partial charge in [-0.2, -0.15) is 0 Å². The molecule has 0 aliphatic heterocycles. The summed E-state index contributed by atoms with van der Waals surface area (Å²) in [5.74, 6) is -0.491. The van der Waals surface area contributed by atoms with Gasteiger partial charge in [0.1, 0.15) is 0 Å². The van der Waals surface area contributed by atoms with Gasteiger partial charge in [-0.05, 0) is 24.7 Å². The maximum absolute atomic E-state index is 11.7. The lowest BCUT2D eigenvalue weighted by atomic mass is 9.94. The molecule has 3 N–H and O–H groups in total. The molecular formula is C13H26N2O4. The number of hydrogen-bond donors (Lipinski definition) is 3. The van der Waals surface area contributed by atoms with Crippen LogP contribution in [0.5, 0.6) is 0 Å². The molecule has 1 unspecified atom stereocenters. The highest BCUT2D eigenvalue weighted by atomic mass is 16.4. The van der Waals surface area contributed by atoms with Gasteiger partial charge >= 0.3 is 12.0 Å². The maximum atomic E-state index is 11.7. The average molecular weight is 274 g/mol. The molecule has 0 aromatic carbocycles.